The van der Waals surface area contributed by atoms with Gasteiger partial charge in [-0.25, -0.2) is 0 Å². The summed E-state index contributed by atoms with van der Waals surface area (Å²) in [6.07, 6.45) is 4.78. The molecule has 0 radical (unpaired) electrons. The van der Waals surface area contributed by atoms with Crippen LogP contribution in [-0.4, -0.2) is 0 Å². The van der Waals surface area contributed by atoms with Crippen molar-refractivity contribution in [2.24, 2.45) is 0 Å². The van der Waals surface area contributed by atoms with Crippen molar-refractivity contribution in [2.45, 2.75) is 12.8 Å². The summed E-state index contributed by atoms with van der Waals surface area (Å²) >= 11 is 0. The van der Waals surface area contributed by atoms with E-state index >= 15 is 0 Å². The minimum Gasteiger partial charge on any atom is -0.0622 e. The second kappa shape index (κ2) is 8.36. The normalized spacial score (nSPS) is 14.9. The predicted molar refractivity (Wildman–Crippen MR) is 150 cm³/mol. The standard InChI is InChI=1S/C36H26/c1-24-22-27-16-9-11-19-30(27)34(24)36-32(21-20-31-29-18-10-8-17-28(29)23-33(31)36)35(25-12-4-2-5-13-25)26-14-6-3-7-15-26/h2-23,34H,1H3. The third-order valence-corrected chi connectivity index (χ3v) is 7.67. The Labute approximate surface area is 211 Å². The highest BCUT2D eigenvalue weighted by Crippen LogP contribution is 2.41. The van der Waals surface area contributed by atoms with E-state index in [1.54, 1.807) is 0 Å². The first-order valence-corrected chi connectivity index (χ1v) is 12.7. The van der Waals surface area contributed by atoms with Gasteiger partial charge in [0.1, 0.15) is 0 Å². The highest BCUT2D eigenvalue weighted by atomic mass is 14.3. The van der Waals surface area contributed by atoms with Gasteiger partial charge in [0.05, 0.1) is 0 Å². The lowest BCUT2D eigenvalue weighted by atomic mass is 9.82. The van der Waals surface area contributed by atoms with Crippen LogP contribution < -0.4 is 10.4 Å². The van der Waals surface area contributed by atoms with E-state index in [0.29, 0.717) is 0 Å². The van der Waals surface area contributed by atoms with Gasteiger partial charge in [-0.3, -0.25) is 0 Å². The molecule has 5 aromatic carbocycles. The Morgan fingerprint density at radius 2 is 1.19 bits per heavy atom. The molecule has 0 N–H and O–H groups in total. The van der Waals surface area contributed by atoms with Gasteiger partial charge >= 0.3 is 0 Å². The molecule has 0 aliphatic heterocycles. The van der Waals surface area contributed by atoms with Gasteiger partial charge in [-0.05, 0) is 72.8 Å². The quantitative estimate of drug-likeness (QED) is 0.270. The molecule has 0 nitrogen and oxygen atoms in total. The summed E-state index contributed by atoms with van der Waals surface area (Å²) in [7, 11) is 0. The predicted octanol–water partition coefficient (Wildman–Crippen LogP) is 6.91. The molecule has 36 heavy (non-hydrogen) atoms. The van der Waals surface area contributed by atoms with Crippen molar-refractivity contribution in [1.82, 2.24) is 0 Å². The zero-order chi connectivity index (χ0) is 24.1. The van der Waals surface area contributed by atoms with Gasteiger partial charge in [0, 0.05) is 5.92 Å². The molecule has 0 saturated heterocycles. The summed E-state index contributed by atoms with van der Waals surface area (Å²) in [5, 5.41) is 5.28. The molecule has 170 valence electrons. The van der Waals surface area contributed by atoms with E-state index in [2.05, 4.69) is 140 Å². The fourth-order valence-electron chi connectivity index (χ4n) is 6.13. The molecule has 1 atom stereocenters. The molecular formula is C36H26. The molecule has 7 rings (SSSR count). The Morgan fingerprint density at radius 3 is 1.94 bits per heavy atom. The van der Waals surface area contributed by atoms with E-state index in [0.717, 1.165) is 0 Å². The summed E-state index contributed by atoms with van der Waals surface area (Å²) in [5.74, 6) is 0.221. The molecule has 0 aromatic heterocycles. The third kappa shape index (κ3) is 3.22. The molecule has 2 aliphatic carbocycles. The second-order valence-corrected chi connectivity index (χ2v) is 9.78. The van der Waals surface area contributed by atoms with Crippen molar-refractivity contribution in [3.63, 3.8) is 0 Å². The Hall–Kier alpha value is -4.42. The Morgan fingerprint density at radius 1 is 0.556 bits per heavy atom. The minimum absolute atomic E-state index is 0.221. The van der Waals surface area contributed by atoms with Crippen LogP contribution in [0.1, 0.15) is 46.2 Å². The van der Waals surface area contributed by atoms with Crippen molar-refractivity contribution in [3.8, 4) is 0 Å². The summed E-state index contributed by atoms with van der Waals surface area (Å²) in [5.41, 5.74) is 10.7. The van der Waals surface area contributed by atoms with Gasteiger partial charge in [-0.2, -0.15) is 0 Å². The van der Waals surface area contributed by atoms with E-state index in [-0.39, 0.29) is 5.92 Å². The average Bonchev–Trinajstić information content (AvgIpc) is 3.47. The summed E-state index contributed by atoms with van der Waals surface area (Å²) in [6, 6.07) is 44.1. The molecule has 0 spiro atoms. The van der Waals surface area contributed by atoms with E-state index in [4.69, 9.17) is 0 Å². The number of rotatable bonds is 3. The summed E-state index contributed by atoms with van der Waals surface area (Å²) < 4.78 is 0. The number of allylic oxidation sites excluding steroid dienone is 1. The number of hydrogen-bond donors (Lipinski definition) is 0. The van der Waals surface area contributed by atoms with Gasteiger partial charge in [0.2, 0.25) is 0 Å². The Bertz CT molecular complexity index is 1830. The lowest BCUT2D eigenvalue weighted by Crippen LogP contribution is -2.20. The average molecular weight is 459 g/mol. The Balaban J connectivity index is 1.69. The van der Waals surface area contributed by atoms with Crippen LogP contribution in [0.15, 0.2) is 127 Å². The summed E-state index contributed by atoms with van der Waals surface area (Å²) in [4.78, 5) is 0. The van der Waals surface area contributed by atoms with Crippen molar-refractivity contribution in [3.05, 3.63) is 181 Å². The van der Waals surface area contributed by atoms with Gasteiger partial charge in [-0.15, -0.1) is 0 Å². The monoisotopic (exact) mass is 458 g/mol. The van der Waals surface area contributed by atoms with Gasteiger partial charge in [0.15, 0.2) is 0 Å². The smallest absolute Gasteiger partial charge is 0.0317 e. The first kappa shape index (κ1) is 20.9. The lowest BCUT2D eigenvalue weighted by molar-refractivity contribution is 0.959. The molecule has 0 fully saturated rings. The lowest BCUT2D eigenvalue weighted by Gasteiger charge is -2.21. The van der Waals surface area contributed by atoms with Crippen LogP contribution in [0.3, 0.4) is 0 Å². The van der Waals surface area contributed by atoms with Crippen molar-refractivity contribution in [2.75, 3.05) is 0 Å². The van der Waals surface area contributed by atoms with Crippen molar-refractivity contribution in [1.29, 1.82) is 0 Å². The highest BCUT2D eigenvalue weighted by Gasteiger charge is 2.28. The fourth-order valence-corrected chi connectivity index (χ4v) is 6.13. The first-order chi connectivity index (χ1) is 17.8. The number of hydrogen-bond acceptors (Lipinski definition) is 0. The highest BCUT2D eigenvalue weighted by molar-refractivity contribution is 5.82. The van der Waals surface area contributed by atoms with Crippen LogP contribution >= 0.6 is 0 Å². The molecular weight excluding hydrogens is 432 g/mol. The third-order valence-electron chi connectivity index (χ3n) is 7.67. The van der Waals surface area contributed by atoms with Crippen molar-refractivity contribution >= 4 is 17.7 Å². The molecule has 0 bridgehead atoms. The molecule has 0 heterocycles. The van der Waals surface area contributed by atoms with Crippen LogP contribution in [0.25, 0.3) is 17.7 Å². The van der Waals surface area contributed by atoms with Gasteiger partial charge < -0.3 is 0 Å². The molecule has 0 saturated carbocycles. The SMILES string of the molecule is CC1=Cc2ccccc2C1c1c2c(ccc1=C(c1ccccc1)c1ccccc1)=c1ccccc1=C2. The van der Waals surface area contributed by atoms with Crippen LogP contribution in [0.2, 0.25) is 0 Å². The van der Waals surface area contributed by atoms with Crippen LogP contribution in [0, 0.1) is 10.4 Å². The molecule has 2 aliphatic rings. The van der Waals surface area contributed by atoms with Gasteiger partial charge in [0.25, 0.3) is 0 Å². The maximum absolute atomic E-state index is 2.41. The minimum atomic E-state index is 0.221. The van der Waals surface area contributed by atoms with Gasteiger partial charge in [-0.1, -0.05) is 133 Å². The van der Waals surface area contributed by atoms with Crippen LogP contribution in [0.4, 0.5) is 0 Å². The molecule has 5 aromatic rings. The fraction of sp³-hybridized carbons (Fsp3) is 0.0556. The largest absolute Gasteiger partial charge is 0.0622 e. The van der Waals surface area contributed by atoms with E-state index < -0.39 is 0 Å². The first-order valence-electron chi connectivity index (χ1n) is 12.7. The summed E-state index contributed by atoms with van der Waals surface area (Å²) in [6.45, 7) is 2.29. The second-order valence-electron chi connectivity index (χ2n) is 9.78. The number of benzene rings is 5. The van der Waals surface area contributed by atoms with Crippen LogP contribution in [0.5, 0.6) is 0 Å². The number of fused-ring (bicyclic) bond motifs is 3. The molecule has 0 amide bonds. The topological polar surface area (TPSA) is 0 Å². The maximum Gasteiger partial charge on any atom is 0.0317 e. The van der Waals surface area contributed by atoms with Crippen molar-refractivity contribution < 1.29 is 0 Å². The van der Waals surface area contributed by atoms with E-state index in [1.165, 1.54) is 65.4 Å². The maximum atomic E-state index is 2.41. The molecule has 0 heteroatoms. The zero-order valence-corrected chi connectivity index (χ0v) is 20.3. The zero-order valence-electron chi connectivity index (χ0n) is 20.3. The molecule has 1 unspecified atom stereocenters. The van der Waals surface area contributed by atoms with E-state index in [1.807, 2.05) is 0 Å². The van der Waals surface area contributed by atoms with E-state index in [9.17, 15) is 0 Å². The Kier molecular flexibility index (Phi) is 4.85. The van der Waals surface area contributed by atoms with Crippen LogP contribution in [-0.2, 0) is 0 Å².